The van der Waals surface area contributed by atoms with Gasteiger partial charge in [-0.2, -0.15) is 0 Å². The highest BCUT2D eigenvalue weighted by Gasteiger charge is 2.12. The Morgan fingerprint density at radius 1 is 1.62 bits per heavy atom. The second kappa shape index (κ2) is 5.10. The quantitative estimate of drug-likeness (QED) is 0.522. The molecule has 0 atom stereocenters. The van der Waals surface area contributed by atoms with E-state index in [1.165, 1.54) is 19.2 Å². The van der Waals surface area contributed by atoms with Crippen LogP contribution in [0.15, 0.2) is 18.2 Å². The number of rotatable bonds is 3. The van der Waals surface area contributed by atoms with E-state index < -0.39 is 11.0 Å². The lowest BCUT2D eigenvalue weighted by atomic mass is 10.2. The predicted octanol–water partition coefficient (Wildman–Crippen LogP) is 2.31. The Labute approximate surface area is 105 Å². The molecule has 0 aliphatic rings. The molecule has 1 rings (SSSR count). The summed E-state index contributed by atoms with van der Waals surface area (Å²) in [4.78, 5) is 21.7. The first-order valence-corrected chi connectivity index (χ1v) is 5.36. The maximum Gasteiger partial charge on any atom is 0.407 e. The molecule has 86 valence electrons. The first-order chi connectivity index (χ1) is 7.41. The third-order valence-corrected chi connectivity index (χ3v) is 2.99. The predicted molar refractivity (Wildman–Crippen MR) is 65.3 cm³/mol. The van der Waals surface area contributed by atoms with Gasteiger partial charge in [0.1, 0.15) is 0 Å². The minimum atomic E-state index is -1.03. The van der Waals surface area contributed by atoms with Crippen molar-refractivity contribution in [1.82, 2.24) is 4.90 Å². The molecule has 0 saturated carbocycles. The van der Waals surface area contributed by atoms with E-state index in [4.69, 9.17) is 5.11 Å². The van der Waals surface area contributed by atoms with Crippen molar-refractivity contribution in [1.29, 1.82) is 0 Å². The van der Waals surface area contributed by atoms with Crippen LogP contribution in [0.4, 0.5) is 10.5 Å². The summed E-state index contributed by atoms with van der Waals surface area (Å²) in [6, 6.07) is 4.36. The van der Waals surface area contributed by atoms with Crippen molar-refractivity contribution in [3.63, 3.8) is 0 Å². The molecule has 1 amide bonds. The molecule has 0 unspecified atom stereocenters. The van der Waals surface area contributed by atoms with Crippen LogP contribution in [0, 0.1) is 13.7 Å². The number of halogens is 1. The van der Waals surface area contributed by atoms with Crippen LogP contribution in [0.1, 0.15) is 5.56 Å². The summed E-state index contributed by atoms with van der Waals surface area (Å²) in [5.74, 6) is 0. The van der Waals surface area contributed by atoms with Crippen molar-refractivity contribution in [3.05, 3.63) is 37.4 Å². The standard InChI is InChI=1S/C9H9IN2O4/c1-11(9(13)14)5-6-2-3-7(12(15)16)4-8(6)10/h2-4H,5H2,1H3,(H,13,14). The van der Waals surface area contributed by atoms with Crippen LogP contribution in [0.5, 0.6) is 0 Å². The van der Waals surface area contributed by atoms with Crippen molar-refractivity contribution in [2.45, 2.75) is 6.54 Å². The van der Waals surface area contributed by atoms with Gasteiger partial charge < -0.3 is 10.0 Å². The van der Waals surface area contributed by atoms with Crippen LogP contribution in [0.3, 0.4) is 0 Å². The second-order valence-electron chi connectivity index (χ2n) is 3.17. The summed E-state index contributed by atoms with van der Waals surface area (Å²) in [6.07, 6.45) is -1.03. The number of nitrogens with zero attached hydrogens (tertiary/aromatic N) is 2. The van der Waals surface area contributed by atoms with E-state index in [1.807, 2.05) is 22.6 Å². The highest BCUT2D eigenvalue weighted by atomic mass is 127. The van der Waals surface area contributed by atoms with Crippen LogP contribution < -0.4 is 0 Å². The van der Waals surface area contributed by atoms with Crippen LogP contribution in [-0.4, -0.2) is 28.1 Å². The summed E-state index contributed by atoms with van der Waals surface area (Å²) >= 11 is 1.95. The van der Waals surface area contributed by atoms with Crippen molar-refractivity contribution in [2.75, 3.05) is 7.05 Å². The van der Waals surface area contributed by atoms with Crippen molar-refractivity contribution >= 4 is 34.4 Å². The van der Waals surface area contributed by atoms with Crippen molar-refractivity contribution in [2.24, 2.45) is 0 Å². The fraction of sp³-hybridized carbons (Fsp3) is 0.222. The van der Waals surface area contributed by atoms with E-state index in [2.05, 4.69) is 0 Å². The highest BCUT2D eigenvalue weighted by Crippen LogP contribution is 2.20. The Balaban J connectivity index is 2.91. The molecule has 0 bridgehead atoms. The molecular weight excluding hydrogens is 327 g/mol. The Hall–Kier alpha value is -1.38. The Morgan fingerprint density at radius 2 is 2.25 bits per heavy atom. The van der Waals surface area contributed by atoms with Crippen LogP contribution in [0.25, 0.3) is 0 Å². The lowest BCUT2D eigenvalue weighted by Gasteiger charge is -2.13. The number of nitro benzene ring substituents is 1. The third kappa shape index (κ3) is 3.05. The van der Waals surface area contributed by atoms with Crippen molar-refractivity contribution < 1.29 is 14.8 Å². The van der Waals surface area contributed by atoms with E-state index in [0.29, 0.717) is 3.57 Å². The van der Waals surface area contributed by atoms with Gasteiger partial charge in [-0.25, -0.2) is 4.79 Å². The number of benzene rings is 1. The van der Waals surface area contributed by atoms with Crippen LogP contribution in [0.2, 0.25) is 0 Å². The van der Waals surface area contributed by atoms with Gasteiger partial charge in [0, 0.05) is 29.3 Å². The zero-order chi connectivity index (χ0) is 12.3. The molecule has 0 aliphatic carbocycles. The fourth-order valence-corrected chi connectivity index (χ4v) is 1.77. The van der Waals surface area contributed by atoms with E-state index in [0.717, 1.165) is 10.5 Å². The summed E-state index contributed by atoms with van der Waals surface area (Å²) in [7, 11) is 1.44. The lowest BCUT2D eigenvalue weighted by Crippen LogP contribution is -2.24. The Morgan fingerprint density at radius 3 is 2.69 bits per heavy atom. The monoisotopic (exact) mass is 336 g/mol. The molecule has 1 aromatic rings. The first-order valence-electron chi connectivity index (χ1n) is 4.28. The maximum atomic E-state index is 10.6. The molecule has 6 nitrogen and oxygen atoms in total. The van der Waals surface area contributed by atoms with Crippen LogP contribution >= 0.6 is 22.6 Å². The van der Waals surface area contributed by atoms with Crippen LogP contribution in [-0.2, 0) is 6.54 Å². The van der Waals surface area contributed by atoms with E-state index in [-0.39, 0.29) is 12.2 Å². The number of carboxylic acid groups (broad SMARTS) is 1. The molecule has 0 aromatic heterocycles. The molecule has 16 heavy (non-hydrogen) atoms. The molecule has 0 aliphatic heterocycles. The second-order valence-corrected chi connectivity index (χ2v) is 4.33. The topological polar surface area (TPSA) is 83.7 Å². The van der Waals surface area contributed by atoms with Gasteiger partial charge in [0.25, 0.3) is 5.69 Å². The minimum absolute atomic E-state index is 0.00567. The average Bonchev–Trinajstić information content (AvgIpc) is 2.20. The summed E-state index contributed by atoms with van der Waals surface area (Å²) in [5, 5.41) is 19.2. The minimum Gasteiger partial charge on any atom is -0.465 e. The number of amides is 1. The first kappa shape index (κ1) is 12.7. The van der Waals surface area contributed by atoms with Gasteiger partial charge in [0.2, 0.25) is 0 Å². The number of carbonyl (C=O) groups is 1. The molecule has 1 N–H and O–H groups in total. The van der Waals surface area contributed by atoms with Gasteiger partial charge in [-0.15, -0.1) is 0 Å². The maximum absolute atomic E-state index is 10.6. The van der Waals surface area contributed by atoms with Gasteiger partial charge in [0.05, 0.1) is 4.92 Å². The normalized spacial score (nSPS) is 9.88. The average molecular weight is 336 g/mol. The largest absolute Gasteiger partial charge is 0.465 e. The lowest BCUT2D eigenvalue weighted by molar-refractivity contribution is -0.385. The number of nitro groups is 1. The number of hydrogen-bond acceptors (Lipinski definition) is 3. The van der Waals surface area contributed by atoms with Gasteiger partial charge in [-0.3, -0.25) is 10.1 Å². The zero-order valence-electron chi connectivity index (χ0n) is 8.38. The molecular formula is C9H9IN2O4. The summed E-state index contributed by atoms with van der Waals surface area (Å²) < 4.78 is 0.680. The molecule has 0 saturated heterocycles. The van der Waals surface area contributed by atoms with E-state index in [1.54, 1.807) is 6.07 Å². The van der Waals surface area contributed by atoms with Gasteiger partial charge in [-0.05, 0) is 34.2 Å². The molecule has 7 heteroatoms. The summed E-state index contributed by atoms with van der Waals surface area (Å²) in [6.45, 7) is 0.214. The van der Waals surface area contributed by atoms with Gasteiger partial charge in [0.15, 0.2) is 0 Å². The van der Waals surface area contributed by atoms with Gasteiger partial charge >= 0.3 is 6.09 Å². The Kier molecular flexibility index (Phi) is 4.05. The van der Waals surface area contributed by atoms with E-state index in [9.17, 15) is 14.9 Å². The van der Waals surface area contributed by atoms with E-state index >= 15 is 0 Å². The van der Waals surface area contributed by atoms with Crippen molar-refractivity contribution in [3.8, 4) is 0 Å². The number of hydrogen-bond donors (Lipinski definition) is 1. The zero-order valence-corrected chi connectivity index (χ0v) is 10.5. The van der Waals surface area contributed by atoms with Gasteiger partial charge in [-0.1, -0.05) is 0 Å². The molecule has 0 fully saturated rings. The SMILES string of the molecule is CN(Cc1ccc([N+](=O)[O-])cc1I)C(=O)O. The highest BCUT2D eigenvalue weighted by molar-refractivity contribution is 14.1. The third-order valence-electron chi connectivity index (χ3n) is 1.98. The number of non-ortho nitro benzene ring substituents is 1. The summed E-state index contributed by atoms with van der Waals surface area (Å²) in [5.41, 5.74) is 0.752. The Bertz CT molecular complexity index is 436. The molecule has 0 spiro atoms. The molecule has 1 aromatic carbocycles. The molecule has 0 heterocycles. The smallest absolute Gasteiger partial charge is 0.407 e. The fourth-order valence-electron chi connectivity index (χ4n) is 1.10. The molecule has 0 radical (unpaired) electrons.